The molecule has 0 spiro atoms. The molecule has 1 fully saturated rings. The predicted octanol–water partition coefficient (Wildman–Crippen LogP) is -1.34. The summed E-state index contributed by atoms with van der Waals surface area (Å²) in [5, 5.41) is 13.5. The lowest BCUT2D eigenvalue weighted by atomic mass is 10.1. The van der Waals surface area contributed by atoms with Crippen LogP contribution in [0.4, 0.5) is 0 Å². The van der Waals surface area contributed by atoms with Gasteiger partial charge in [-0.25, -0.2) is 5.14 Å². The van der Waals surface area contributed by atoms with E-state index in [4.69, 9.17) is 15.0 Å². The average Bonchev–Trinajstić information content (AvgIpc) is 2.14. The van der Waals surface area contributed by atoms with Crippen molar-refractivity contribution in [2.75, 3.05) is 26.3 Å². The van der Waals surface area contributed by atoms with E-state index in [0.29, 0.717) is 32.5 Å². The standard InChI is InChI=1S/C7H16N2O4S/c8-14(11,12)9-3-1-7(2-4-9)13-6-5-10/h7,10H,1-6H2,(H2,8,11,12). The molecule has 1 aliphatic heterocycles. The average molecular weight is 224 g/mol. The van der Waals surface area contributed by atoms with Crippen LogP contribution in [0.3, 0.4) is 0 Å². The first kappa shape index (κ1) is 11.9. The van der Waals surface area contributed by atoms with Crippen molar-refractivity contribution in [2.45, 2.75) is 18.9 Å². The van der Waals surface area contributed by atoms with Gasteiger partial charge in [0.1, 0.15) is 0 Å². The van der Waals surface area contributed by atoms with Crippen LogP contribution in [0.15, 0.2) is 0 Å². The fraction of sp³-hybridized carbons (Fsp3) is 1.00. The van der Waals surface area contributed by atoms with Crippen molar-refractivity contribution in [3.63, 3.8) is 0 Å². The molecule has 1 aliphatic rings. The Morgan fingerprint density at radius 3 is 2.43 bits per heavy atom. The van der Waals surface area contributed by atoms with Gasteiger partial charge in [-0.1, -0.05) is 0 Å². The molecule has 0 bridgehead atoms. The molecular formula is C7H16N2O4S. The Morgan fingerprint density at radius 2 is 2.00 bits per heavy atom. The van der Waals surface area contributed by atoms with Crippen LogP contribution in [0.5, 0.6) is 0 Å². The normalized spacial score (nSPS) is 21.3. The van der Waals surface area contributed by atoms with Gasteiger partial charge in [0.15, 0.2) is 0 Å². The maximum absolute atomic E-state index is 10.9. The molecule has 0 amide bonds. The second kappa shape index (κ2) is 5.04. The van der Waals surface area contributed by atoms with E-state index >= 15 is 0 Å². The molecule has 0 radical (unpaired) electrons. The maximum atomic E-state index is 10.9. The number of aliphatic hydroxyl groups is 1. The third kappa shape index (κ3) is 3.50. The summed E-state index contributed by atoms with van der Waals surface area (Å²) >= 11 is 0. The van der Waals surface area contributed by atoms with E-state index in [1.807, 2.05) is 0 Å². The molecule has 3 N–H and O–H groups in total. The molecule has 0 unspecified atom stereocenters. The highest BCUT2D eigenvalue weighted by Gasteiger charge is 2.25. The first-order valence-electron chi connectivity index (χ1n) is 4.54. The van der Waals surface area contributed by atoms with Gasteiger partial charge < -0.3 is 9.84 Å². The van der Waals surface area contributed by atoms with Gasteiger partial charge in [0.2, 0.25) is 0 Å². The minimum absolute atomic E-state index is 0.00456. The zero-order valence-electron chi connectivity index (χ0n) is 7.92. The molecule has 1 rings (SSSR count). The number of aliphatic hydroxyl groups excluding tert-OH is 1. The molecule has 1 saturated heterocycles. The number of nitrogens with zero attached hydrogens (tertiary/aromatic N) is 1. The van der Waals surface area contributed by atoms with Crippen molar-refractivity contribution in [3.8, 4) is 0 Å². The number of ether oxygens (including phenoxy) is 1. The van der Waals surface area contributed by atoms with Crippen LogP contribution in [-0.2, 0) is 14.9 Å². The minimum atomic E-state index is -3.54. The van der Waals surface area contributed by atoms with E-state index in [2.05, 4.69) is 0 Å². The quantitative estimate of drug-likeness (QED) is 0.618. The summed E-state index contributed by atoms with van der Waals surface area (Å²) in [4.78, 5) is 0. The molecule has 0 aromatic carbocycles. The first-order valence-corrected chi connectivity index (χ1v) is 6.04. The van der Waals surface area contributed by atoms with Crippen LogP contribution >= 0.6 is 0 Å². The SMILES string of the molecule is NS(=O)(=O)N1CCC(OCCO)CC1. The fourth-order valence-electron chi connectivity index (χ4n) is 1.47. The Kier molecular flexibility index (Phi) is 4.27. The summed E-state index contributed by atoms with van der Waals surface area (Å²) in [6.07, 6.45) is 1.31. The zero-order valence-corrected chi connectivity index (χ0v) is 8.74. The molecular weight excluding hydrogens is 208 g/mol. The lowest BCUT2D eigenvalue weighted by Gasteiger charge is -2.29. The van der Waals surface area contributed by atoms with Crippen molar-refractivity contribution < 1.29 is 18.3 Å². The highest BCUT2D eigenvalue weighted by atomic mass is 32.2. The summed E-state index contributed by atoms with van der Waals surface area (Å²) < 4.78 is 28.4. The third-order valence-electron chi connectivity index (χ3n) is 2.21. The lowest BCUT2D eigenvalue weighted by molar-refractivity contribution is 0.00319. The van der Waals surface area contributed by atoms with Crippen LogP contribution in [0.2, 0.25) is 0 Å². The highest BCUT2D eigenvalue weighted by molar-refractivity contribution is 7.86. The summed E-state index contributed by atoms with van der Waals surface area (Å²) in [5.41, 5.74) is 0. The van der Waals surface area contributed by atoms with Gasteiger partial charge >= 0.3 is 0 Å². The number of nitrogens with two attached hydrogens (primary N) is 1. The number of hydrogen-bond acceptors (Lipinski definition) is 4. The molecule has 0 saturated carbocycles. The second-order valence-corrected chi connectivity index (χ2v) is 4.78. The lowest BCUT2D eigenvalue weighted by Crippen LogP contribution is -2.44. The Labute approximate surface area is 83.8 Å². The molecule has 14 heavy (non-hydrogen) atoms. The van der Waals surface area contributed by atoms with E-state index in [1.54, 1.807) is 0 Å². The second-order valence-electron chi connectivity index (χ2n) is 3.24. The van der Waals surface area contributed by atoms with Gasteiger partial charge in [0.25, 0.3) is 10.2 Å². The fourth-order valence-corrected chi connectivity index (χ4v) is 2.19. The highest BCUT2D eigenvalue weighted by Crippen LogP contribution is 2.14. The summed E-state index contributed by atoms with van der Waals surface area (Å²) in [6, 6.07) is 0. The van der Waals surface area contributed by atoms with E-state index in [-0.39, 0.29) is 12.7 Å². The Hall–Kier alpha value is -0.210. The molecule has 0 atom stereocenters. The van der Waals surface area contributed by atoms with E-state index in [0.717, 1.165) is 0 Å². The monoisotopic (exact) mass is 224 g/mol. The number of hydrogen-bond donors (Lipinski definition) is 2. The Balaban J connectivity index is 2.31. The molecule has 0 aromatic heterocycles. The van der Waals surface area contributed by atoms with E-state index < -0.39 is 10.2 Å². The summed E-state index contributed by atoms with van der Waals surface area (Å²) in [5.74, 6) is 0. The molecule has 1 heterocycles. The van der Waals surface area contributed by atoms with Gasteiger partial charge in [-0.3, -0.25) is 0 Å². The van der Waals surface area contributed by atoms with Crippen molar-refractivity contribution in [2.24, 2.45) is 5.14 Å². The van der Waals surface area contributed by atoms with Crippen molar-refractivity contribution in [1.29, 1.82) is 0 Å². The first-order chi connectivity index (χ1) is 6.54. The van der Waals surface area contributed by atoms with Crippen molar-refractivity contribution in [1.82, 2.24) is 4.31 Å². The predicted molar refractivity (Wildman–Crippen MR) is 50.7 cm³/mol. The summed E-state index contributed by atoms with van der Waals surface area (Å²) in [6.45, 7) is 1.10. The van der Waals surface area contributed by atoms with Crippen molar-refractivity contribution in [3.05, 3.63) is 0 Å². The van der Waals surface area contributed by atoms with Crippen molar-refractivity contribution >= 4 is 10.2 Å². The third-order valence-corrected chi connectivity index (χ3v) is 3.29. The van der Waals surface area contributed by atoms with Gasteiger partial charge in [0.05, 0.1) is 19.3 Å². The Morgan fingerprint density at radius 1 is 1.43 bits per heavy atom. The van der Waals surface area contributed by atoms with E-state index in [9.17, 15) is 8.42 Å². The van der Waals surface area contributed by atoms with Gasteiger partial charge in [-0.05, 0) is 12.8 Å². The minimum Gasteiger partial charge on any atom is -0.394 e. The number of piperidine rings is 1. The van der Waals surface area contributed by atoms with Gasteiger partial charge in [-0.15, -0.1) is 0 Å². The van der Waals surface area contributed by atoms with E-state index in [1.165, 1.54) is 4.31 Å². The number of rotatable bonds is 4. The van der Waals surface area contributed by atoms with Crippen LogP contribution in [-0.4, -0.2) is 50.2 Å². The molecule has 7 heteroatoms. The smallest absolute Gasteiger partial charge is 0.276 e. The topological polar surface area (TPSA) is 92.9 Å². The Bertz CT molecular complexity index is 259. The van der Waals surface area contributed by atoms with Gasteiger partial charge in [0, 0.05) is 13.1 Å². The van der Waals surface area contributed by atoms with Crippen LogP contribution in [0.1, 0.15) is 12.8 Å². The van der Waals surface area contributed by atoms with Crippen LogP contribution in [0.25, 0.3) is 0 Å². The zero-order chi connectivity index (χ0) is 10.6. The molecule has 84 valence electrons. The summed E-state index contributed by atoms with van der Waals surface area (Å²) in [7, 11) is -3.54. The molecule has 6 nitrogen and oxygen atoms in total. The maximum Gasteiger partial charge on any atom is 0.276 e. The van der Waals surface area contributed by atoms with Crippen LogP contribution < -0.4 is 5.14 Å². The van der Waals surface area contributed by atoms with Gasteiger partial charge in [-0.2, -0.15) is 12.7 Å². The molecule has 0 aliphatic carbocycles. The van der Waals surface area contributed by atoms with Crippen LogP contribution in [0, 0.1) is 0 Å². The largest absolute Gasteiger partial charge is 0.394 e. The molecule has 0 aromatic rings.